The molecule has 0 bridgehead atoms. The van der Waals surface area contributed by atoms with Crippen molar-refractivity contribution in [3.8, 4) is 34.6 Å². The van der Waals surface area contributed by atoms with Gasteiger partial charge in [-0.3, -0.25) is 0 Å². The van der Waals surface area contributed by atoms with Crippen LogP contribution in [-0.4, -0.2) is 4.57 Å². The van der Waals surface area contributed by atoms with Crippen molar-refractivity contribution in [2.75, 3.05) is 0 Å². The number of hydrogen-bond acceptors (Lipinski definition) is 0. The molecule has 5 aromatic carbocycles. The van der Waals surface area contributed by atoms with Crippen molar-refractivity contribution in [3.05, 3.63) is 157 Å². The quantitative estimate of drug-likeness (QED) is 0.127. The summed E-state index contributed by atoms with van der Waals surface area (Å²) in [5.74, 6) is 2.72. The lowest BCUT2D eigenvalue weighted by atomic mass is 9.75. The van der Waals surface area contributed by atoms with Crippen LogP contribution in [-0.2, 0) is 17.4 Å². The second-order valence-electron chi connectivity index (χ2n) is 12.5. The Kier molecular flexibility index (Phi) is 14.0. The van der Waals surface area contributed by atoms with E-state index in [0.29, 0.717) is 6.54 Å². The maximum Gasteiger partial charge on any atom is 0.0841 e. The Bertz CT molecular complexity index is 1990. The summed E-state index contributed by atoms with van der Waals surface area (Å²) in [6.07, 6.45) is 11.5. The van der Waals surface area contributed by atoms with E-state index in [1.807, 2.05) is 53.7 Å². The molecule has 0 fully saturated rings. The Morgan fingerprint density at radius 1 is 0.549 bits per heavy atom. The van der Waals surface area contributed by atoms with E-state index in [9.17, 15) is 0 Å². The monoisotopic (exact) mass is 673 g/mol. The first-order valence-corrected chi connectivity index (χ1v) is 18.5. The molecule has 1 heteroatoms. The first-order valence-electron chi connectivity index (χ1n) is 18.5. The van der Waals surface area contributed by atoms with Gasteiger partial charge >= 0.3 is 0 Å². The van der Waals surface area contributed by atoms with E-state index < -0.39 is 0 Å². The summed E-state index contributed by atoms with van der Waals surface area (Å²) in [6, 6.07) is 39.5. The molecule has 0 N–H and O–H groups in total. The highest BCUT2D eigenvalue weighted by Gasteiger charge is 2.43. The Morgan fingerprint density at radius 2 is 0.902 bits per heavy atom. The van der Waals surface area contributed by atoms with Crippen molar-refractivity contribution in [1.29, 1.82) is 0 Å². The van der Waals surface area contributed by atoms with E-state index in [-0.39, 0.29) is 18.3 Å². The maximum absolute atomic E-state index is 5.43. The first kappa shape index (κ1) is 40.4. The molecule has 0 saturated carbocycles. The molecule has 2 aliphatic rings. The summed E-state index contributed by atoms with van der Waals surface area (Å²) in [6.45, 7) is 25.5. The number of benzene rings is 5. The van der Waals surface area contributed by atoms with Crippen molar-refractivity contribution in [2.24, 2.45) is 0 Å². The smallest absolute Gasteiger partial charge is 0.0841 e. The molecular weight excluding hydrogens is 615 g/mol. The fourth-order valence-electron chi connectivity index (χ4n) is 7.93. The van der Waals surface area contributed by atoms with E-state index >= 15 is 0 Å². The molecule has 8 rings (SSSR count). The van der Waals surface area contributed by atoms with E-state index in [1.54, 1.807) is 0 Å². The fourth-order valence-corrected chi connectivity index (χ4v) is 7.93. The largest absolute Gasteiger partial charge is 0.329 e. The van der Waals surface area contributed by atoms with Crippen LogP contribution in [0.1, 0.15) is 97.9 Å². The molecule has 0 amide bonds. The molecule has 2 aliphatic carbocycles. The van der Waals surface area contributed by atoms with E-state index in [0.717, 1.165) is 12.8 Å². The molecule has 1 nitrogen and oxygen atoms in total. The second-order valence-corrected chi connectivity index (χ2v) is 12.5. The van der Waals surface area contributed by atoms with Gasteiger partial charge in [-0.15, -0.1) is 19.6 Å². The molecule has 1 aromatic heterocycles. The predicted molar refractivity (Wildman–Crippen MR) is 229 cm³/mol. The van der Waals surface area contributed by atoms with Gasteiger partial charge in [-0.1, -0.05) is 166 Å². The summed E-state index contributed by atoms with van der Waals surface area (Å²) >= 11 is 0. The minimum Gasteiger partial charge on any atom is -0.329 e. The van der Waals surface area contributed by atoms with Gasteiger partial charge in [-0.05, 0) is 81.6 Å². The van der Waals surface area contributed by atoms with Gasteiger partial charge in [0.15, 0.2) is 0 Å². The summed E-state index contributed by atoms with van der Waals surface area (Å²) in [7, 11) is 0. The Hall–Kier alpha value is -5.06. The molecule has 0 spiro atoms. The van der Waals surface area contributed by atoms with E-state index in [2.05, 4.69) is 147 Å². The van der Waals surface area contributed by atoms with Crippen molar-refractivity contribution in [2.45, 2.75) is 93.0 Å². The third-order valence-electron chi connectivity index (χ3n) is 10.0. The zero-order valence-corrected chi connectivity index (χ0v) is 31.6. The first-order chi connectivity index (χ1) is 24.5. The minimum absolute atomic E-state index is 0. The minimum atomic E-state index is -0.0188. The van der Waals surface area contributed by atoms with Gasteiger partial charge in [-0.2, -0.15) is 0 Å². The van der Waals surface area contributed by atoms with Gasteiger partial charge in [0.1, 0.15) is 0 Å². The van der Waals surface area contributed by atoms with Crippen molar-refractivity contribution in [3.63, 3.8) is 0 Å². The van der Waals surface area contributed by atoms with Crippen LogP contribution in [0, 0.1) is 12.3 Å². The molecule has 0 radical (unpaired) electrons. The number of fused-ring (bicyclic) bond motifs is 9. The molecular formula is C50H59N. The van der Waals surface area contributed by atoms with Crippen molar-refractivity contribution in [1.82, 2.24) is 4.57 Å². The van der Waals surface area contributed by atoms with Gasteiger partial charge < -0.3 is 4.57 Å². The average molecular weight is 674 g/mol. The lowest BCUT2D eigenvalue weighted by Gasteiger charge is -2.28. The average Bonchev–Trinajstić information content (AvgIpc) is 3.72. The molecule has 264 valence electrons. The fraction of sp³-hybridized carbons (Fsp3) is 0.280. The highest BCUT2D eigenvalue weighted by atomic mass is 15.0. The highest BCUT2D eigenvalue weighted by Crippen LogP contribution is 2.57. The molecule has 6 aromatic rings. The Balaban J connectivity index is 0.000000261. The number of nitrogens with zero attached hydrogens (tertiary/aromatic N) is 1. The molecule has 2 atom stereocenters. The third-order valence-corrected chi connectivity index (χ3v) is 10.0. The second kappa shape index (κ2) is 17.7. The normalized spacial score (nSPS) is 16.6. The highest BCUT2D eigenvalue weighted by molar-refractivity contribution is 6.08. The van der Waals surface area contributed by atoms with Gasteiger partial charge in [0.05, 0.1) is 6.54 Å². The Labute approximate surface area is 309 Å². The van der Waals surface area contributed by atoms with Gasteiger partial charge in [0, 0.05) is 32.6 Å². The van der Waals surface area contributed by atoms with E-state index in [1.165, 1.54) is 66.3 Å². The zero-order chi connectivity index (χ0) is 36.5. The molecule has 0 saturated heterocycles. The van der Waals surface area contributed by atoms with Crippen LogP contribution in [0.15, 0.2) is 135 Å². The van der Waals surface area contributed by atoms with Crippen LogP contribution < -0.4 is 0 Å². The maximum atomic E-state index is 5.43. The van der Waals surface area contributed by atoms with Crippen LogP contribution in [0.4, 0.5) is 0 Å². The number of para-hydroxylation sites is 2. The zero-order valence-electron chi connectivity index (χ0n) is 31.6. The van der Waals surface area contributed by atoms with Gasteiger partial charge in [0.25, 0.3) is 0 Å². The van der Waals surface area contributed by atoms with Crippen LogP contribution in [0.5, 0.6) is 0 Å². The predicted octanol–water partition coefficient (Wildman–Crippen LogP) is 14.6. The number of terminal acetylenes is 1. The summed E-state index contributed by atoms with van der Waals surface area (Å²) in [5.41, 5.74) is 13.6. The van der Waals surface area contributed by atoms with Crippen molar-refractivity contribution >= 4 is 21.8 Å². The third kappa shape index (κ3) is 6.86. The lowest BCUT2D eigenvalue weighted by Crippen LogP contribution is -2.21. The number of aromatic nitrogens is 1. The lowest BCUT2D eigenvalue weighted by molar-refractivity contribution is 0.590. The van der Waals surface area contributed by atoms with Crippen LogP contribution in [0.25, 0.3) is 44.1 Å². The van der Waals surface area contributed by atoms with Crippen molar-refractivity contribution < 1.29 is 0 Å². The topological polar surface area (TPSA) is 4.93 Å². The molecule has 1 heterocycles. The SMILES string of the molecule is C.C#CCn1c2ccccc2c2ccccc21.C=CCC1(C)c2ccccc2-c2cc3c(cc21)-c1ccccc1C3(C)CC=C.CC.CC.CC. The molecule has 2 unspecified atom stereocenters. The van der Waals surface area contributed by atoms with E-state index in [4.69, 9.17) is 6.42 Å². The van der Waals surface area contributed by atoms with Crippen LogP contribution in [0.2, 0.25) is 0 Å². The molecule has 0 aliphatic heterocycles. The number of rotatable bonds is 5. The standard InChI is InChI=1S/C28H26.C15H11N.3C2H6.CH4/c1-5-15-27(3)23-13-9-7-11-19(23)21-18-26-22(17-25(21)27)20-12-8-10-14-24(20)28(26,4)16-6-2;1-2-11-16-14-9-5-3-7-12(14)13-8-4-6-10-15(13)16;3*1-2;/h5-14,17-18H,1-2,15-16H2,3-4H3;1,3-10H,11H2;3*1-2H3;1H4. The van der Waals surface area contributed by atoms with Crippen LogP contribution >= 0.6 is 0 Å². The molecule has 51 heavy (non-hydrogen) atoms. The summed E-state index contributed by atoms with van der Waals surface area (Å²) in [5, 5.41) is 2.54. The van der Waals surface area contributed by atoms with Gasteiger partial charge in [-0.25, -0.2) is 0 Å². The summed E-state index contributed by atoms with van der Waals surface area (Å²) < 4.78 is 2.19. The number of allylic oxidation sites excluding steroid dienone is 2. The number of hydrogen-bond donors (Lipinski definition) is 0. The van der Waals surface area contributed by atoms with Crippen LogP contribution in [0.3, 0.4) is 0 Å². The Morgan fingerprint density at radius 3 is 1.27 bits per heavy atom. The summed E-state index contributed by atoms with van der Waals surface area (Å²) in [4.78, 5) is 0. The van der Waals surface area contributed by atoms with Gasteiger partial charge in [0.2, 0.25) is 0 Å².